The van der Waals surface area contributed by atoms with Gasteiger partial charge < -0.3 is 9.84 Å². The van der Waals surface area contributed by atoms with Crippen molar-refractivity contribution in [2.75, 3.05) is 13.2 Å². The fraction of sp³-hybridized carbons (Fsp3) is 0.579. The number of carbonyl (C=O) groups is 2. The van der Waals surface area contributed by atoms with E-state index in [0.717, 1.165) is 36.8 Å². The Bertz CT molecular complexity index is 629. The minimum absolute atomic E-state index is 0.0181. The van der Waals surface area contributed by atoms with Crippen LogP contribution in [0.5, 0.6) is 5.75 Å². The van der Waals surface area contributed by atoms with Gasteiger partial charge in [-0.15, -0.1) is 0 Å². The zero-order valence-corrected chi connectivity index (χ0v) is 14.4. The van der Waals surface area contributed by atoms with Crippen LogP contribution in [0.1, 0.15) is 43.2 Å². The topological polar surface area (TPSA) is 66.8 Å². The molecular formula is C19H25NO4. The monoisotopic (exact) mass is 331 g/mol. The molecule has 2 amide bonds. The van der Waals surface area contributed by atoms with Crippen LogP contribution in [0.2, 0.25) is 0 Å². The first-order valence-electron chi connectivity index (χ1n) is 8.64. The number of aryl methyl sites for hydroxylation is 2. The summed E-state index contributed by atoms with van der Waals surface area (Å²) in [5.41, 5.74) is 1.70. The van der Waals surface area contributed by atoms with E-state index < -0.39 is 11.5 Å². The van der Waals surface area contributed by atoms with E-state index in [1.807, 2.05) is 32.0 Å². The van der Waals surface area contributed by atoms with Crippen molar-refractivity contribution in [3.63, 3.8) is 0 Å². The van der Waals surface area contributed by atoms with Crippen molar-refractivity contribution in [1.82, 2.24) is 4.90 Å². The molecule has 5 heteroatoms. The minimum atomic E-state index is -0.879. The number of aliphatic hydroxyl groups is 1. The second-order valence-electron chi connectivity index (χ2n) is 7.26. The molecule has 1 aromatic carbocycles. The van der Waals surface area contributed by atoms with Gasteiger partial charge >= 0.3 is 0 Å². The number of imide groups is 1. The van der Waals surface area contributed by atoms with Gasteiger partial charge in [0.05, 0.1) is 12.0 Å². The number of β-amino-alcohol motifs (C(OH)–C–C–N with tert-alkyl or cyclic N) is 1. The van der Waals surface area contributed by atoms with Crippen molar-refractivity contribution in [3.8, 4) is 5.75 Å². The number of rotatable bonds is 5. The fourth-order valence-corrected chi connectivity index (χ4v) is 3.96. The van der Waals surface area contributed by atoms with E-state index in [1.54, 1.807) is 0 Å². The van der Waals surface area contributed by atoms with Crippen LogP contribution in [0.3, 0.4) is 0 Å². The Balaban J connectivity index is 1.57. The van der Waals surface area contributed by atoms with Crippen LogP contribution in [-0.2, 0) is 9.59 Å². The minimum Gasteiger partial charge on any atom is -0.491 e. The molecule has 0 aromatic heterocycles. The van der Waals surface area contributed by atoms with Crippen molar-refractivity contribution in [2.45, 2.75) is 52.1 Å². The van der Waals surface area contributed by atoms with Gasteiger partial charge in [0.25, 0.3) is 0 Å². The van der Waals surface area contributed by atoms with Crippen LogP contribution in [0.4, 0.5) is 0 Å². The van der Waals surface area contributed by atoms with Gasteiger partial charge in [-0.1, -0.05) is 18.9 Å². The van der Waals surface area contributed by atoms with Gasteiger partial charge in [-0.3, -0.25) is 14.5 Å². The third-order valence-corrected chi connectivity index (χ3v) is 5.08. The summed E-state index contributed by atoms with van der Waals surface area (Å²) in [6.07, 6.45) is 3.02. The summed E-state index contributed by atoms with van der Waals surface area (Å²) in [7, 11) is 0. The second kappa shape index (κ2) is 6.55. The maximum Gasteiger partial charge on any atom is 0.235 e. The van der Waals surface area contributed by atoms with E-state index in [-0.39, 0.29) is 25.0 Å². The van der Waals surface area contributed by atoms with Crippen LogP contribution in [0.15, 0.2) is 18.2 Å². The molecule has 1 atom stereocenters. The summed E-state index contributed by atoms with van der Waals surface area (Å²) >= 11 is 0. The zero-order chi connectivity index (χ0) is 17.3. The SMILES string of the molecule is Cc1cc(C)cc(OCC(O)CN2C(=O)CC3(CCCC3)C2=O)c1. The molecule has 1 aliphatic carbocycles. The molecule has 1 aliphatic heterocycles. The first-order chi connectivity index (χ1) is 11.4. The van der Waals surface area contributed by atoms with Gasteiger partial charge in [0.2, 0.25) is 11.8 Å². The highest BCUT2D eigenvalue weighted by molar-refractivity contribution is 6.06. The maximum absolute atomic E-state index is 12.6. The van der Waals surface area contributed by atoms with Crippen LogP contribution in [0, 0.1) is 19.3 Å². The van der Waals surface area contributed by atoms with E-state index in [0.29, 0.717) is 12.2 Å². The Labute approximate surface area is 142 Å². The lowest BCUT2D eigenvalue weighted by molar-refractivity contribution is -0.143. The summed E-state index contributed by atoms with van der Waals surface area (Å²) in [6, 6.07) is 5.85. The Hall–Kier alpha value is -1.88. The van der Waals surface area contributed by atoms with Crippen LogP contribution >= 0.6 is 0 Å². The molecule has 1 spiro atoms. The normalized spacial score (nSPS) is 20.9. The Morgan fingerprint density at radius 2 is 1.79 bits per heavy atom. The smallest absolute Gasteiger partial charge is 0.235 e. The first-order valence-corrected chi connectivity index (χ1v) is 8.64. The van der Waals surface area contributed by atoms with Crippen LogP contribution in [0.25, 0.3) is 0 Å². The molecule has 1 aromatic rings. The predicted octanol–water partition coefficient (Wildman–Crippen LogP) is 2.36. The largest absolute Gasteiger partial charge is 0.491 e. The highest BCUT2D eigenvalue weighted by atomic mass is 16.5. The number of carbonyl (C=O) groups excluding carboxylic acids is 2. The molecule has 0 bridgehead atoms. The van der Waals surface area contributed by atoms with Gasteiger partial charge in [0, 0.05) is 6.42 Å². The number of benzene rings is 1. The molecule has 1 N–H and O–H groups in total. The second-order valence-corrected chi connectivity index (χ2v) is 7.26. The molecule has 2 fully saturated rings. The average molecular weight is 331 g/mol. The van der Waals surface area contributed by atoms with Crippen molar-refractivity contribution < 1.29 is 19.4 Å². The number of ether oxygens (including phenoxy) is 1. The zero-order valence-electron chi connectivity index (χ0n) is 14.4. The molecule has 2 aliphatic rings. The maximum atomic E-state index is 12.6. The van der Waals surface area contributed by atoms with E-state index in [1.165, 1.54) is 4.90 Å². The Kier molecular flexibility index (Phi) is 4.63. The van der Waals surface area contributed by atoms with Gasteiger partial charge in [-0.25, -0.2) is 0 Å². The molecule has 1 saturated carbocycles. The van der Waals surface area contributed by atoms with Gasteiger partial charge in [0.15, 0.2) is 0 Å². The molecule has 3 rings (SSSR count). The molecule has 130 valence electrons. The standard InChI is InChI=1S/C19H25NO4/c1-13-7-14(2)9-16(8-13)24-12-15(21)11-20-17(22)10-19(18(20)23)5-3-4-6-19/h7-9,15,21H,3-6,10-12H2,1-2H3. The number of nitrogens with zero attached hydrogens (tertiary/aromatic N) is 1. The first kappa shape index (κ1) is 17.0. The molecule has 1 unspecified atom stereocenters. The summed E-state index contributed by atoms with van der Waals surface area (Å²) in [6.45, 7) is 4.05. The molecule has 0 radical (unpaired) electrons. The summed E-state index contributed by atoms with van der Waals surface area (Å²) < 4.78 is 5.63. The van der Waals surface area contributed by atoms with Crippen molar-refractivity contribution in [3.05, 3.63) is 29.3 Å². The molecule has 5 nitrogen and oxygen atoms in total. The van der Waals surface area contributed by atoms with Gasteiger partial charge in [0.1, 0.15) is 18.5 Å². The third-order valence-electron chi connectivity index (χ3n) is 5.08. The highest BCUT2D eigenvalue weighted by Gasteiger charge is 2.52. The van der Waals surface area contributed by atoms with Crippen molar-refractivity contribution in [1.29, 1.82) is 0 Å². The lowest BCUT2D eigenvalue weighted by Gasteiger charge is -2.23. The molecule has 24 heavy (non-hydrogen) atoms. The Morgan fingerprint density at radius 3 is 2.42 bits per heavy atom. The lowest BCUT2D eigenvalue weighted by atomic mass is 9.84. The number of aliphatic hydroxyl groups excluding tert-OH is 1. The molecule has 1 heterocycles. The summed E-state index contributed by atoms with van der Waals surface area (Å²) in [5.74, 6) is 0.431. The van der Waals surface area contributed by atoms with Gasteiger partial charge in [-0.2, -0.15) is 0 Å². The number of hydrogen-bond donors (Lipinski definition) is 1. The van der Waals surface area contributed by atoms with Gasteiger partial charge in [-0.05, 0) is 49.9 Å². The Morgan fingerprint density at radius 1 is 1.17 bits per heavy atom. The molecular weight excluding hydrogens is 306 g/mol. The third kappa shape index (κ3) is 3.31. The highest BCUT2D eigenvalue weighted by Crippen LogP contribution is 2.46. The van der Waals surface area contributed by atoms with Crippen LogP contribution < -0.4 is 4.74 Å². The summed E-state index contributed by atoms with van der Waals surface area (Å²) in [4.78, 5) is 26.0. The van der Waals surface area contributed by atoms with Crippen molar-refractivity contribution in [2.24, 2.45) is 5.41 Å². The number of hydrogen-bond acceptors (Lipinski definition) is 4. The van der Waals surface area contributed by atoms with E-state index in [2.05, 4.69) is 0 Å². The average Bonchev–Trinajstić information content (AvgIpc) is 3.06. The lowest BCUT2D eigenvalue weighted by Crippen LogP contribution is -2.41. The molecule has 1 saturated heterocycles. The fourth-order valence-electron chi connectivity index (χ4n) is 3.96. The van der Waals surface area contributed by atoms with E-state index >= 15 is 0 Å². The quantitative estimate of drug-likeness (QED) is 0.841. The van der Waals surface area contributed by atoms with Crippen LogP contribution in [-0.4, -0.2) is 41.1 Å². The van der Waals surface area contributed by atoms with Crippen molar-refractivity contribution >= 4 is 11.8 Å². The van der Waals surface area contributed by atoms with E-state index in [4.69, 9.17) is 4.74 Å². The number of likely N-dealkylation sites (tertiary alicyclic amines) is 1. The number of amides is 2. The predicted molar refractivity (Wildman–Crippen MR) is 89.7 cm³/mol. The summed E-state index contributed by atoms with van der Waals surface area (Å²) in [5, 5.41) is 10.2. The van der Waals surface area contributed by atoms with E-state index in [9.17, 15) is 14.7 Å².